The van der Waals surface area contributed by atoms with Crippen molar-refractivity contribution in [1.29, 1.82) is 0 Å². The minimum Gasteiger partial charge on any atom is -0.381 e. The van der Waals surface area contributed by atoms with E-state index in [1.54, 1.807) is 11.3 Å². The number of hydrogen-bond donors (Lipinski definition) is 1. The van der Waals surface area contributed by atoms with Crippen molar-refractivity contribution in [3.05, 3.63) is 22.4 Å². The Labute approximate surface area is 89.1 Å². The molecule has 1 atom stereocenters. The van der Waals surface area contributed by atoms with Gasteiger partial charge in [-0.15, -0.1) is 11.3 Å². The van der Waals surface area contributed by atoms with Crippen molar-refractivity contribution in [3.8, 4) is 0 Å². The Bertz CT molecular complexity index is 263. The lowest BCUT2D eigenvalue weighted by Gasteiger charge is -2.26. The van der Waals surface area contributed by atoms with Crippen LogP contribution >= 0.6 is 11.3 Å². The summed E-state index contributed by atoms with van der Waals surface area (Å²) in [5, 5.41) is 2.12. The molecule has 2 nitrogen and oxygen atoms in total. The summed E-state index contributed by atoms with van der Waals surface area (Å²) in [6, 6.07) is 4.27. The number of thiophene rings is 1. The van der Waals surface area contributed by atoms with Crippen LogP contribution < -0.4 is 5.73 Å². The van der Waals surface area contributed by atoms with E-state index in [1.807, 2.05) is 0 Å². The smallest absolute Gasteiger partial charge is 0.0483 e. The Balaban J connectivity index is 1.99. The summed E-state index contributed by atoms with van der Waals surface area (Å²) in [6.45, 7) is 1.70. The number of hydrogen-bond acceptors (Lipinski definition) is 3. The maximum Gasteiger partial charge on any atom is 0.0483 e. The fourth-order valence-electron chi connectivity index (χ4n) is 1.97. The molecule has 1 fully saturated rings. The Morgan fingerprint density at radius 1 is 1.43 bits per heavy atom. The lowest BCUT2D eigenvalue weighted by Crippen LogP contribution is -2.42. The molecule has 0 aliphatic carbocycles. The molecule has 0 aromatic carbocycles. The Morgan fingerprint density at radius 3 is 3.14 bits per heavy atom. The molecule has 0 spiro atoms. The van der Waals surface area contributed by atoms with E-state index < -0.39 is 0 Å². The molecule has 78 valence electrons. The van der Waals surface area contributed by atoms with Crippen LogP contribution in [0, 0.1) is 0 Å². The molecule has 2 N–H and O–H groups in total. The summed E-state index contributed by atoms with van der Waals surface area (Å²) < 4.78 is 5.43. The van der Waals surface area contributed by atoms with Crippen molar-refractivity contribution in [2.45, 2.75) is 31.2 Å². The quantitative estimate of drug-likeness (QED) is 0.814. The monoisotopic (exact) mass is 211 g/mol. The van der Waals surface area contributed by atoms with E-state index in [0.29, 0.717) is 0 Å². The highest BCUT2D eigenvalue weighted by Gasteiger charge is 2.26. The van der Waals surface area contributed by atoms with Crippen molar-refractivity contribution in [2.24, 2.45) is 5.73 Å². The van der Waals surface area contributed by atoms with Gasteiger partial charge in [0.25, 0.3) is 0 Å². The minimum atomic E-state index is -0.0264. The normalized spacial score (nSPS) is 28.6. The van der Waals surface area contributed by atoms with Crippen LogP contribution in [-0.4, -0.2) is 18.8 Å². The largest absolute Gasteiger partial charge is 0.381 e. The van der Waals surface area contributed by atoms with Crippen molar-refractivity contribution < 1.29 is 4.74 Å². The number of nitrogens with two attached hydrogens (primary N) is 1. The highest BCUT2D eigenvalue weighted by Crippen LogP contribution is 2.25. The van der Waals surface area contributed by atoms with Gasteiger partial charge < -0.3 is 10.5 Å². The first kappa shape index (κ1) is 10.1. The lowest BCUT2D eigenvalue weighted by atomic mass is 9.88. The summed E-state index contributed by atoms with van der Waals surface area (Å²) in [5.41, 5.74) is 6.35. The second-order valence-electron chi connectivity index (χ2n) is 4.08. The van der Waals surface area contributed by atoms with E-state index in [4.69, 9.17) is 10.5 Å². The number of rotatable bonds is 2. The maximum absolute atomic E-state index is 6.38. The summed E-state index contributed by atoms with van der Waals surface area (Å²) in [6.07, 6.45) is 4.19. The molecule has 1 aliphatic rings. The molecule has 0 bridgehead atoms. The van der Waals surface area contributed by atoms with Crippen LogP contribution in [0.2, 0.25) is 0 Å². The zero-order valence-corrected chi connectivity index (χ0v) is 9.19. The third-order valence-corrected chi connectivity index (χ3v) is 3.69. The molecule has 0 saturated carbocycles. The average Bonchev–Trinajstić information content (AvgIpc) is 2.55. The van der Waals surface area contributed by atoms with E-state index in [-0.39, 0.29) is 5.54 Å². The van der Waals surface area contributed by atoms with Crippen LogP contribution in [0.1, 0.15) is 24.1 Å². The number of ether oxygens (including phenoxy) is 1. The van der Waals surface area contributed by atoms with Crippen LogP contribution in [-0.2, 0) is 11.2 Å². The lowest BCUT2D eigenvalue weighted by molar-refractivity contribution is 0.139. The molecule has 1 saturated heterocycles. The van der Waals surface area contributed by atoms with Gasteiger partial charge >= 0.3 is 0 Å². The van der Waals surface area contributed by atoms with E-state index in [2.05, 4.69) is 17.5 Å². The second kappa shape index (κ2) is 4.43. The van der Waals surface area contributed by atoms with Gasteiger partial charge in [-0.25, -0.2) is 0 Å². The Hall–Kier alpha value is -0.380. The Morgan fingerprint density at radius 2 is 2.36 bits per heavy atom. The van der Waals surface area contributed by atoms with Crippen LogP contribution in [0.25, 0.3) is 0 Å². The molecule has 2 rings (SSSR count). The molecule has 1 aromatic heterocycles. The first-order valence-corrected chi connectivity index (χ1v) is 6.06. The van der Waals surface area contributed by atoms with Gasteiger partial charge in [0.05, 0.1) is 0 Å². The topological polar surface area (TPSA) is 35.2 Å². The second-order valence-corrected chi connectivity index (χ2v) is 5.12. The van der Waals surface area contributed by atoms with E-state index in [0.717, 1.165) is 38.9 Å². The van der Waals surface area contributed by atoms with Gasteiger partial charge in [0.2, 0.25) is 0 Å². The molecule has 0 radical (unpaired) electrons. The van der Waals surface area contributed by atoms with E-state index in [9.17, 15) is 0 Å². The third kappa shape index (κ3) is 2.56. The summed E-state index contributed by atoms with van der Waals surface area (Å²) >= 11 is 1.80. The van der Waals surface area contributed by atoms with Crippen molar-refractivity contribution in [1.82, 2.24) is 0 Å². The molecule has 1 unspecified atom stereocenters. The van der Waals surface area contributed by atoms with Crippen LogP contribution in [0.4, 0.5) is 0 Å². The first-order chi connectivity index (χ1) is 6.79. The third-order valence-electron chi connectivity index (χ3n) is 2.81. The van der Waals surface area contributed by atoms with E-state index in [1.165, 1.54) is 4.88 Å². The molecular formula is C11H17NOS. The van der Waals surface area contributed by atoms with Crippen LogP contribution in [0.3, 0.4) is 0 Å². The molecule has 1 aromatic rings. The van der Waals surface area contributed by atoms with Crippen molar-refractivity contribution >= 4 is 11.3 Å². The Kier molecular flexibility index (Phi) is 3.21. The molecular weight excluding hydrogens is 194 g/mol. The average molecular weight is 211 g/mol. The van der Waals surface area contributed by atoms with Crippen LogP contribution in [0.15, 0.2) is 17.5 Å². The van der Waals surface area contributed by atoms with Crippen molar-refractivity contribution in [2.75, 3.05) is 13.2 Å². The zero-order valence-electron chi connectivity index (χ0n) is 8.37. The van der Waals surface area contributed by atoms with Crippen LogP contribution in [0.5, 0.6) is 0 Å². The highest BCUT2D eigenvalue weighted by atomic mass is 32.1. The molecule has 14 heavy (non-hydrogen) atoms. The SMILES string of the molecule is NC1(Cc2cccs2)CCCOCC1. The first-order valence-electron chi connectivity index (χ1n) is 5.18. The van der Waals surface area contributed by atoms with Gasteiger partial charge in [0, 0.05) is 23.6 Å². The van der Waals surface area contributed by atoms with Gasteiger partial charge in [0.1, 0.15) is 0 Å². The molecule has 3 heteroatoms. The molecule has 2 heterocycles. The van der Waals surface area contributed by atoms with Gasteiger partial charge in [0.15, 0.2) is 0 Å². The van der Waals surface area contributed by atoms with Gasteiger partial charge in [-0.3, -0.25) is 0 Å². The fraction of sp³-hybridized carbons (Fsp3) is 0.636. The maximum atomic E-state index is 6.38. The molecule has 1 aliphatic heterocycles. The standard InChI is InChI=1S/C11H17NOS/c12-11(4-2-6-13-7-5-11)9-10-3-1-8-14-10/h1,3,8H,2,4-7,9,12H2. The molecule has 0 amide bonds. The van der Waals surface area contributed by atoms with Crippen molar-refractivity contribution in [3.63, 3.8) is 0 Å². The van der Waals surface area contributed by atoms with Gasteiger partial charge in [-0.2, -0.15) is 0 Å². The highest BCUT2D eigenvalue weighted by molar-refractivity contribution is 7.09. The summed E-state index contributed by atoms with van der Waals surface area (Å²) in [7, 11) is 0. The minimum absolute atomic E-state index is 0.0264. The summed E-state index contributed by atoms with van der Waals surface area (Å²) in [5.74, 6) is 0. The van der Waals surface area contributed by atoms with E-state index >= 15 is 0 Å². The van der Waals surface area contributed by atoms with Gasteiger partial charge in [-0.1, -0.05) is 6.07 Å². The fourth-order valence-corrected chi connectivity index (χ4v) is 2.83. The zero-order chi connectivity index (χ0) is 9.86. The van der Waals surface area contributed by atoms with Gasteiger partial charge in [-0.05, 0) is 37.1 Å². The summed E-state index contributed by atoms with van der Waals surface area (Å²) in [4.78, 5) is 1.40. The predicted octanol–water partition coefficient (Wildman–Crippen LogP) is 2.19. The predicted molar refractivity (Wildman–Crippen MR) is 59.6 cm³/mol.